The average Bonchev–Trinajstić information content (AvgIpc) is 2.08. The van der Waals surface area contributed by atoms with E-state index in [9.17, 15) is 9.18 Å². The fourth-order valence-electron chi connectivity index (χ4n) is 1.03. The fraction of sp³-hybridized carbons (Fsp3) is 0.222. The van der Waals surface area contributed by atoms with E-state index in [0.29, 0.717) is 0 Å². The Labute approximate surface area is 75.0 Å². The molecule has 0 radical (unpaired) electrons. The molecule has 0 aliphatic heterocycles. The molecule has 3 N–H and O–H groups in total. The van der Waals surface area contributed by atoms with Crippen LogP contribution in [0.1, 0.15) is 17.2 Å². The molecule has 0 saturated heterocycles. The number of hydrogen-bond acceptors (Lipinski definition) is 2. The Bertz CT molecular complexity index is 338. The highest BCUT2D eigenvalue weighted by Gasteiger charge is 2.17. The molecule has 0 amide bonds. The van der Waals surface area contributed by atoms with Crippen molar-refractivity contribution in [2.24, 2.45) is 5.73 Å². The maximum absolute atomic E-state index is 13.0. The van der Waals surface area contributed by atoms with Crippen molar-refractivity contribution in [1.29, 1.82) is 0 Å². The zero-order valence-corrected chi connectivity index (χ0v) is 7.12. The average molecular weight is 183 g/mol. The molecule has 0 saturated carbocycles. The Morgan fingerprint density at radius 3 is 2.77 bits per heavy atom. The molecule has 1 aromatic rings. The molecule has 13 heavy (non-hydrogen) atoms. The molecule has 3 nitrogen and oxygen atoms in total. The molecule has 1 aromatic carbocycles. The van der Waals surface area contributed by atoms with Crippen LogP contribution in [-0.2, 0) is 4.79 Å². The van der Waals surface area contributed by atoms with Crippen molar-refractivity contribution < 1.29 is 14.3 Å². The van der Waals surface area contributed by atoms with Crippen molar-refractivity contribution in [2.75, 3.05) is 0 Å². The van der Waals surface area contributed by atoms with Gasteiger partial charge in [-0.3, -0.25) is 4.79 Å². The summed E-state index contributed by atoms with van der Waals surface area (Å²) in [7, 11) is 0. The number of halogens is 1. The van der Waals surface area contributed by atoms with E-state index in [1.165, 1.54) is 12.1 Å². The monoisotopic (exact) mass is 183 g/mol. The summed E-state index contributed by atoms with van der Waals surface area (Å²) < 4.78 is 13.0. The van der Waals surface area contributed by atoms with Crippen molar-refractivity contribution >= 4 is 5.97 Å². The molecule has 0 aliphatic rings. The van der Waals surface area contributed by atoms with E-state index in [1.807, 2.05) is 0 Å². The van der Waals surface area contributed by atoms with Crippen LogP contribution in [0.5, 0.6) is 0 Å². The van der Waals surface area contributed by atoms with Gasteiger partial charge in [-0.05, 0) is 13.0 Å². The highest BCUT2D eigenvalue weighted by Crippen LogP contribution is 2.16. The van der Waals surface area contributed by atoms with E-state index in [0.717, 1.165) is 5.56 Å². The zero-order chi connectivity index (χ0) is 10.0. The number of carboxylic acids is 1. The van der Waals surface area contributed by atoms with Gasteiger partial charge in [0.15, 0.2) is 0 Å². The third kappa shape index (κ3) is 2.03. The lowest BCUT2D eigenvalue weighted by Crippen LogP contribution is -2.21. The molecule has 70 valence electrons. The number of carbonyl (C=O) groups is 1. The quantitative estimate of drug-likeness (QED) is 0.724. The lowest BCUT2D eigenvalue weighted by molar-refractivity contribution is -0.138. The largest absolute Gasteiger partial charge is 0.480 e. The molecule has 4 heteroatoms. The summed E-state index contributed by atoms with van der Waals surface area (Å²) in [6.07, 6.45) is 0. The number of hydrogen-bond donors (Lipinski definition) is 2. The molecule has 1 rings (SSSR count). The Morgan fingerprint density at radius 2 is 2.23 bits per heavy atom. The third-order valence-electron chi connectivity index (χ3n) is 1.75. The van der Waals surface area contributed by atoms with Gasteiger partial charge in [0.1, 0.15) is 11.9 Å². The summed E-state index contributed by atoms with van der Waals surface area (Å²) >= 11 is 0. The Hall–Kier alpha value is -1.42. The lowest BCUT2D eigenvalue weighted by Gasteiger charge is -2.08. The Kier molecular flexibility index (Phi) is 2.63. The van der Waals surface area contributed by atoms with Crippen LogP contribution in [-0.4, -0.2) is 11.1 Å². The fourth-order valence-corrected chi connectivity index (χ4v) is 1.03. The summed E-state index contributed by atoms with van der Waals surface area (Å²) in [6, 6.07) is 2.93. The third-order valence-corrected chi connectivity index (χ3v) is 1.75. The molecule has 1 atom stereocenters. The van der Waals surface area contributed by atoms with Crippen molar-refractivity contribution in [3.05, 3.63) is 35.1 Å². The second kappa shape index (κ2) is 3.53. The first-order chi connectivity index (χ1) is 6.02. The molecule has 0 aliphatic carbocycles. The van der Waals surface area contributed by atoms with Crippen LogP contribution in [0.4, 0.5) is 4.39 Å². The Balaban J connectivity index is 3.12. The van der Waals surface area contributed by atoms with Crippen LogP contribution in [0.15, 0.2) is 18.2 Å². The van der Waals surface area contributed by atoms with Crippen LogP contribution >= 0.6 is 0 Å². The van der Waals surface area contributed by atoms with Crippen LogP contribution in [0, 0.1) is 12.7 Å². The first-order valence-electron chi connectivity index (χ1n) is 3.77. The highest BCUT2D eigenvalue weighted by atomic mass is 19.1. The maximum atomic E-state index is 13.0. The topological polar surface area (TPSA) is 63.3 Å². The minimum absolute atomic E-state index is 0.0208. The minimum atomic E-state index is -1.29. The molecular weight excluding hydrogens is 173 g/mol. The van der Waals surface area contributed by atoms with E-state index >= 15 is 0 Å². The predicted molar refractivity (Wildman–Crippen MR) is 45.7 cm³/mol. The standard InChI is InChI=1S/C9H10FNO2/c1-5-2-3-7(10)6(4-5)8(11)9(12)13/h2-4,8H,11H2,1H3,(H,12,13)/t8-/m0/s1. The van der Waals surface area contributed by atoms with Gasteiger partial charge in [0.05, 0.1) is 0 Å². The SMILES string of the molecule is Cc1ccc(F)c([C@H](N)C(=O)O)c1. The van der Waals surface area contributed by atoms with Gasteiger partial charge in [0, 0.05) is 5.56 Å². The number of aliphatic carboxylic acids is 1. The number of benzene rings is 1. The van der Waals surface area contributed by atoms with Gasteiger partial charge in [0.25, 0.3) is 0 Å². The summed E-state index contributed by atoms with van der Waals surface area (Å²) in [5.41, 5.74) is 6.07. The van der Waals surface area contributed by atoms with E-state index < -0.39 is 17.8 Å². The van der Waals surface area contributed by atoms with Crippen LogP contribution in [0.3, 0.4) is 0 Å². The smallest absolute Gasteiger partial charge is 0.325 e. The van der Waals surface area contributed by atoms with E-state index in [-0.39, 0.29) is 5.56 Å². The van der Waals surface area contributed by atoms with Crippen molar-refractivity contribution in [3.63, 3.8) is 0 Å². The highest BCUT2D eigenvalue weighted by molar-refractivity contribution is 5.75. The summed E-state index contributed by atoms with van der Waals surface area (Å²) in [6.45, 7) is 1.75. The van der Waals surface area contributed by atoms with Gasteiger partial charge >= 0.3 is 5.97 Å². The number of carboxylic acid groups (broad SMARTS) is 1. The molecule has 0 spiro atoms. The first kappa shape index (κ1) is 9.67. The number of nitrogens with two attached hydrogens (primary N) is 1. The minimum Gasteiger partial charge on any atom is -0.480 e. The van der Waals surface area contributed by atoms with Crippen molar-refractivity contribution in [2.45, 2.75) is 13.0 Å². The van der Waals surface area contributed by atoms with Gasteiger partial charge in [-0.25, -0.2) is 4.39 Å². The number of aryl methyl sites for hydroxylation is 1. The second-order valence-electron chi connectivity index (χ2n) is 2.84. The van der Waals surface area contributed by atoms with Crippen LogP contribution in [0.25, 0.3) is 0 Å². The normalized spacial score (nSPS) is 12.5. The molecule has 0 aromatic heterocycles. The maximum Gasteiger partial charge on any atom is 0.325 e. The molecule has 0 fully saturated rings. The van der Waals surface area contributed by atoms with Crippen molar-refractivity contribution in [3.8, 4) is 0 Å². The summed E-state index contributed by atoms with van der Waals surface area (Å²) in [5, 5.41) is 8.56. The van der Waals surface area contributed by atoms with Crippen molar-refractivity contribution in [1.82, 2.24) is 0 Å². The summed E-state index contributed by atoms with van der Waals surface area (Å²) in [5.74, 6) is -1.81. The van der Waals surface area contributed by atoms with Crippen LogP contribution < -0.4 is 5.73 Å². The predicted octanol–water partition coefficient (Wildman–Crippen LogP) is 1.22. The zero-order valence-electron chi connectivity index (χ0n) is 7.12. The van der Waals surface area contributed by atoms with Gasteiger partial charge in [0.2, 0.25) is 0 Å². The molecule has 0 heterocycles. The van der Waals surface area contributed by atoms with Gasteiger partial charge in [-0.15, -0.1) is 0 Å². The van der Waals surface area contributed by atoms with E-state index in [4.69, 9.17) is 10.8 Å². The molecule has 0 bridgehead atoms. The van der Waals surface area contributed by atoms with E-state index in [2.05, 4.69) is 0 Å². The van der Waals surface area contributed by atoms with Gasteiger partial charge in [-0.1, -0.05) is 17.7 Å². The lowest BCUT2D eigenvalue weighted by atomic mass is 10.0. The molecule has 0 unspecified atom stereocenters. The number of rotatable bonds is 2. The van der Waals surface area contributed by atoms with Crippen LogP contribution in [0.2, 0.25) is 0 Å². The molecular formula is C9H10FNO2. The van der Waals surface area contributed by atoms with Gasteiger partial charge in [-0.2, -0.15) is 0 Å². The summed E-state index contributed by atoms with van der Waals surface area (Å²) in [4.78, 5) is 10.5. The van der Waals surface area contributed by atoms with Gasteiger partial charge < -0.3 is 10.8 Å². The second-order valence-corrected chi connectivity index (χ2v) is 2.84. The first-order valence-corrected chi connectivity index (χ1v) is 3.77. The Morgan fingerprint density at radius 1 is 1.62 bits per heavy atom. The van der Waals surface area contributed by atoms with E-state index in [1.54, 1.807) is 13.0 Å².